The third kappa shape index (κ3) is 3.38. The van der Waals surface area contributed by atoms with Gasteiger partial charge in [-0.15, -0.1) is 0 Å². The van der Waals surface area contributed by atoms with E-state index in [2.05, 4.69) is 28.9 Å². The lowest BCUT2D eigenvalue weighted by molar-refractivity contribution is 0.132. The van der Waals surface area contributed by atoms with Crippen molar-refractivity contribution in [2.45, 2.75) is 13.5 Å². The van der Waals surface area contributed by atoms with Crippen LogP contribution < -0.4 is 0 Å². The third-order valence-electron chi connectivity index (χ3n) is 3.46. The van der Waals surface area contributed by atoms with E-state index in [0.29, 0.717) is 0 Å². The molecule has 0 saturated carbocycles. The molecule has 1 N–H and O–H groups in total. The Bertz CT molecular complexity index is 350. The Morgan fingerprint density at radius 2 is 1.65 bits per heavy atom. The first-order chi connectivity index (χ1) is 8.31. The number of nitrogens with zero attached hydrogens (tertiary/aromatic N) is 2. The van der Waals surface area contributed by atoms with E-state index >= 15 is 0 Å². The monoisotopic (exact) mass is 231 g/mol. The van der Waals surface area contributed by atoms with Crippen molar-refractivity contribution in [2.75, 3.05) is 32.7 Å². The Kier molecular flexibility index (Phi) is 4.29. The van der Waals surface area contributed by atoms with Gasteiger partial charge >= 0.3 is 0 Å². The first-order valence-electron chi connectivity index (χ1n) is 6.36. The van der Waals surface area contributed by atoms with Gasteiger partial charge in [-0.25, -0.2) is 0 Å². The SMILES string of the molecule is CCN1CCN(Cc2ccc(C=N)cc2)CC1. The fourth-order valence-corrected chi connectivity index (χ4v) is 2.24. The molecule has 92 valence electrons. The number of rotatable bonds is 4. The maximum Gasteiger partial charge on any atom is 0.0250 e. The summed E-state index contributed by atoms with van der Waals surface area (Å²) in [5.74, 6) is 0. The average molecular weight is 231 g/mol. The summed E-state index contributed by atoms with van der Waals surface area (Å²) in [6, 6.07) is 8.30. The number of piperazine rings is 1. The molecule has 3 nitrogen and oxygen atoms in total. The molecule has 0 spiro atoms. The zero-order valence-electron chi connectivity index (χ0n) is 10.5. The molecular formula is C14H21N3. The van der Waals surface area contributed by atoms with Crippen molar-refractivity contribution in [3.8, 4) is 0 Å². The van der Waals surface area contributed by atoms with E-state index in [1.807, 2.05) is 12.1 Å². The molecule has 3 heteroatoms. The number of nitrogens with one attached hydrogen (secondary N) is 1. The molecule has 17 heavy (non-hydrogen) atoms. The first kappa shape index (κ1) is 12.3. The summed E-state index contributed by atoms with van der Waals surface area (Å²) in [7, 11) is 0. The van der Waals surface area contributed by atoms with Gasteiger partial charge in [0.1, 0.15) is 0 Å². The second-order valence-electron chi connectivity index (χ2n) is 4.60. The van der Waals surface area contributed by atoms with Crippen LogP contribution in [0.1, 0.15) is 18.1 Å². The van der Waals surface area contributed by atoms with Crippen molar-refractivity contribution in [3.05, 3.63) is 35.4 Å². The van der Waals surface area contributed by atoms with Gasteiger partial charge in [-0.3, -0.25) is 4.90 Å². The summed E-state index contributed by atoms with van der Waals surface area (Å²) in [5, 5.41) is 7.17. The smallest absolute Gasteiger partial charge is 0.0250 e. The molecule has 0 aromatic heterocycles. The van der Waals surface area contributed by atoms with Crippen LogP contribution in [0.4, 0.5) is 0 Å². The minimum atomic E-state index is 0.976. The zero-order valence-corrected chi connectivity index (χ0v) is 10.5. The molecule has 1 aromatic rings. The standard InChI is InChI=1S/C14H21N3/c1-2-16-7-9-17(10-8-16)12-14-5-3-13(11-15)4-6-14/h3-6,11,15H,2,7-10,12H2,1H3. The Morgan fingerprint density at radius 1 is 1.06 bits per heavy atom. The summed E-state index contributed by atoms with van der Waals surface area (Å²) in [4.78, 5) is 5.00. The van der Waals surface area contributed by atoms with Crippen molar-refractivity contribution >= 4 is 6.21 Å². The molecule has 2 rings (SSSR count). The van der Waals surface area contributed by atoms with E-state index in [-0.39, 0.29) is 0 Å². The molecule has 1 aromatic carbocycles. The molecule has 0 unspecified atom stereocenters. The number of hydrogen-bond acceptors (Lipinski definition) is 3. The molecule has 0 atom stereocenters. The van der Waals surface area contributed by atoms with Crippen molar-refractivity contribution in [1.82, 2.24) is 9.80 Å². The van der Waals surface area contributed by atoms with Crippen LogP contribution >= 0.6 is 0 Å². The van der Waals surface area contributed by atoms with Crippen LogP contribution in [0.15, 0.2) is 24.3 Å². The normalized spacial score (nSPS) is 18.2. The van der Waals surface area contributed by atoms with E-state index in [1.54, 1.807) is 0 Å². The molecule has 1 fully saturated rings. The molecule has 1 saturated heterocycles. The van der Waals surface area contributed by atoms with Gasteiger partial charge in [0.15, 0.2) is 0 Å². The molecule has 0 aliphatic carbocycles. The highest BCUT2D eigenvalue weighted by Gasteiger charge is 2.15. The van der Waals surface area contributed by atoms with Crippen LogP contribution in [0.2, 0.25) is 0 Å². The molecule has 0 radical (unpaired) electrons. The van der Waals surface area contributed by atoms with Crippen LogP contribution in [-0.2, 0) is 6.54 Å². The quantitative estimate of drug-likeness (QED) is 0.801. The molecule has 1 aliphatic rings. The van der Waals surface area contributed by atoms with E-state index in [4.69, 9.17) is 5.41 Å². The lowest BCUT2D eigenvalue weighted by Crippen LogP contribution is -2.45. The topological polar surface area (TPSA) is 30.3 Å². The molecule has 1 aliphatic heterocycles. The van der Waals surface area contributed by atoms with Gasteiger partial charge in [0.05, 0.1) is 0 Å². The summed E-state index contributed by atoms with van der Waals surface area (Å²) < 4.78 is 0. The Hall–Kier alpha value is -1.19. The minimum Gasteiger partial charge on any atom is -0.308 e. The highest BCUT2D eigenvalue weighted by Crippen LogP contribution is 2.09. The fourth-order valence-electron chi connectivity index (χ4n) is 2.24. The van der Waals surface area contributed by atoms with E-state index < -0.39 is 0 Å². The van der Waals surface area contributed by atoms with Crippen LogP contribution in [0.3, 0.4) is 0 Å². The van der Waals surface area contributed by atoms with Gasteiger partial charge < -0.3 is 10.3 Å². The van der Waals surface area contributed by atoms with Gasteiger partial charge in [-0.1, -0.05) is 31.2 Å². The van der Waals surface area contributed by atoms with Crippen LogP contribution in [0.5, 0.6) is 0 Å². The number of likely N-dealkylation sites (N-methyl/N-ethyl adjacent to an activating group) is 1. The minimum absolute atomic E-state index is 0.976. The van der Waals surface area contributed by atoms with Crippen LogP contribution in [-0.4, -0.2) is 48.7 Å². The molecule has 0 amide bonds. The molecule has 0 bridgehead atoms. The third-order valence-corrected chi connectivity index (χ3v) is 3.46. The second kappa shape index (κ2) is 5.94. The Morgan fingerprint density at radius 3 is 2.18 bits per heavy atom. The van der Waals surface area contributed by atoms with Crippen LogP contribution in [0, 0.1) is 5.41 Å². The summed E-state index contributed by atoms with van der Waals surface area (Å²) in [6.07, 6.45) is 1.39. The zero-order chi connectivity index (χ0) is 12.1. The summed E-state index contributed by atoms with van der Waals surface area (Å²) in [6.45, 7) is 9.15. The number of hydrogen-bond donors (Lipinski definition) is 1. The van der Waals surface area contributed by atoms with Gasteiger partial charge in [-0.2, -0.15) is 0 Å². The summed E-state index contributed by atoms with van der Waals surface area (Å²) >= 11 is 0. The van der Waals surface area contributed by atoms with Crippen molar-refractivity contribution < 1.29 is 0 Å². The average Bonchev–Trinajstić information content (AvgIpc) is 2.40. The Balaban J connectivity index is 1.86. The molecular weight excluding hydrogens is 210 g/mol. The highest BCUT2D eigenvalue weighted by molar-refractivity contribution is 5.76. The van der Waals surface area contributed by atoms with Gasteiger partial charge in [0.2, 0.25) is 0 Å². The maximum absolute atomic E-state index is 7.17. The lowest BCUT2D eigenvalue weighted by atomic mass is 10.1. The maximum atomic E-state index is 7.17. The van der Waals surface area contributed by atoms with Crippen molar-refractivity contribution in [2.24, 2.45) is 0 Å². The van der Waals surface area contributed by atoms with Gasteiger partial charge in [0, 0.05) is 38.9 Å². The number of benzene rings is 1. The van der Waals surface area contributed by atoms with E-state index in [1.165, 1.54) is 44.5 Å². The highest BCUT2D eigenvalue weighted by atomic mass is 15.3. The van der Waals surface area contributed by atoms with Crippen molar-refractivity contribution in [1.29, 1.82) is 5.41 Å². The largest absolute Gasteiger partial charge is 0.308 e. The van der Waals surface area contributed by atoms with E-state index in [9.17, 15) is 0 Å². The van der Waals surface area contributed by atoms with E-state index in [0.717, 1.165) is 12.1 Å². The first-order valence-corrected chi connectivity index (χ1v) is 6.36. The lowest BCUT2D eigenvalue weighted by Gasteiger charge is -2.34. The predicted octanol–water partition coefficient (Wildman–Crippen LogP) is 1.82. The summed E-state index contributed by atoms with van der Waals surface area (Å²) in [5.41, 5.74) is 2.32. The van der Waals surface area contributed by atoms with Crippen molar-refractivity contribution in [3.63, 3.8) is 0 Å². The van der Waals surface area contributed by atoms with Gasteiger partial charge in [-0.05, 0) is 17.7 Å². The second-order valence-corrected chi connectivity index (χ2v) is 4.60. The van der Waals surface area contributed by atoms with Gasteiger partial charge in [0.25, 0.3) is 0 Å². The fraction of sp³-hybridized carbons (Fsp3) is 0.500. The van der Waals surface area contributed by atoms with Crippen LogP contribution in [0.25, 0.3) is 0 Å². The predicted molar refractivity (Wildman–Crippen MR) is 71.7 cm³/mol. The molecule has 1 heterocycles. The Labute approximate surface area is 104 Å².